The first kappa shape index (κ1) is 16.8. The molecule has 2 aromatic heterocycles. The monoisotopic (exact) mass is 354 g/mol. The van der Waals surface area contributed by atoms with Crippen molar-refractivity contribution in [1.29, 1.82) is 0 Å². The third kappa shape index (κ3) is 3.58. The Balaban J connectivity index is 1.84. The molecule has 8 heteroatoms. The van der Waals surface area contributed by atoms with Gasteiger partial charge < -0.3 is 5.73 Å². The number of anilines is 2. The fraction of sp³-hybridized carbons (Fsp3) is 0.176. The molecule has 3 N–H and O–H groups in total. The minimum Gasteiger partial charge on any atom is -0.366 e. The molecule has 25 heavy (non-hydrogen) atoms. The number of rotatable bonds is 5. The Kier molecular flexibility index (Phi) is 4.62. The smallest absolute Gasteiger partial charge is 0.240 e. The van der Waals surface area contributed by atoms with Crippen molar-refractivity contribution in [3.63, 3.8) is 0 Å². The molecule has 0 saturated heterocycles. The van der Waals surface area contributed by atoms with E-state index in [4.69, 9.17) is 18.0 Å². The fourth-order valence-corrected chi connectivity index (χ4v) is 2.57. The first-order chi connectivity index (χ1) is 12.0. The van der Waals surface area contributed by atoms with Crippen LogP contribution in [0.5, 0.6) is 0 Å². The van der Waals surface area contributed by atoms with Gasteiger partial charge in [0, 0.05) is 18.0 Å². The second-order valence-electron chi connectivity index (χ2n) is 5.70. The van der Waals surface area contributed by atoms with E-state index in [1.165, 1.54) is 9.36 Å². The van der Waals surface area contributed by atoms with Crippen LogP contribution in [0.1, 0.15) is 21.5 Å². The number of carbonyl (C=O) groups excluding carboxylic acids is 1. The molecule has 128 valence electrons. The van der Waals surface area contributed by atoms with Crippen LogP contribution in [0.3, 0.4) is 0 Å². The molecule has 2 heterocycles. The molecule has 1 aromatic carbocycles. The highest BCUT2D eigenvalue weighted by Crippen LogP contribution is 2.13. The van der Waals surface area contributed by atoms with Gasteiger partial charge in [0.05, 0.1) is 5.69 Å². The van der Waals surface area contributed by atoms with Gasteiger partial charge in [-0.2, -0.15) is 4.68 Å². The number of nitrogen functional groups attached to an aromatic ring is 1. The van der Waals surface area contributed by atoms with Gasteiger partial charge in [-0.3, -0.25) is 15.2 Å². The molecular weight excluding hydrogens is 336 g/mol. The van der Waals surface area contributed by atoms with Crippen LogP contribution in [0.4, 0.5) is 11.6 Å². The SMILES string of the molecule is Cc1ccc(C(=O)Cn2nc(N)n(Nc3ccncc3)c2=S)cc1C. The summed E-state index contributed by atoms with van der Waals surface area (Å²) in [6.07, 6.45) is 3.30. The molecule has 0 amide bonds. The Bertz CT molecular complexity index is 977. The van der Waals surface area contributed by atoms with Crippen molar-refractivity contribution >= 4 is 29.6 Å². The molecule has 3 rings (SSSR count). The standard InChI is InChI=1S/C17H18N6OS/c1-11-3-4-13(9-12(11)2)15(24)10-22-17(25)23(16(18)21-22)20-14-5-7-19-8-6-14/h3-9H,10H2,1-2H3,(H2,18,21)(H,19,20). The second kappa shape index (κ2) is 6.86. The number of Topliss-reactive ketones (excluding diaryl/α,β-unsaturated/α-hetero) is 1. The number of aromatic nitrogens is 4. The largest absolute Gasteiger partial charge is 0.366 e. The zero-order valence-corrected chi connectivity index (χ0v) is 14.7. The minimum absolute atomic E-state index is 0.0244. The van der Waals surface area contributed by atoms with Gasteiger partial charge in [0.1, 0.15) is 6.54 Å². The lowest BCUT2D eigenvalue weighted by atomic mass is 10.0. The lowest BCUT2D eigenvalue weighted by Gasteiger charge is -2.07. The van der Waals surface area contributed by atoms with Crippen LogP contribution >= 0.6 is 12.2 Å². The van der Waals surface area contributed by atoms with E-state index in [0.29, 0.717) is 10.3 Å². The number of nitrogens with two attached hydrogens (primary N) is 1. The summed E-state index contributed by atoms with van der Waals surface area (Å²) < 4.78 is 3.18. The Morgan fingerprint density at radius 3 is 2.60 bits per heavy atom. The summed E-state index contributed by atoms with van der Waals surface area (Å²) in [7, 11) is 0. The normalized spacial score (nSPS) is 10.6. The van der Waals surface area contributed by atoms with E-state index in [2.05, 4.69) is 15.5 Å². The van der Waals surface area contributed by atoms with E-state index in [0.717, 1.165) is 16.8 Å². The van der Waals surface area contributed by atoms with Crippen molar-refractivity contribution in [2.24, 2.45) is 0 Å². The summed E-state index contributed by atoms with van der Waals surface area (Å²) in [6, 6.07) is 9.16. The van der Waals surface area contributed by atoms with Crippen LogP contribution in [0.2, 0.25) is 0 Å². The van der Waals surface area contributed by atoms with Gasteiger partial charge in [-0.05, 0) is 55.4 Å². The molecular formula is C17H18N6OS. The van der Waals surface area contributed by atoms with Crippen molar-refractivity contribution in [2.45, 2.75) is 20.4 Å². The van der Waals surface area contributed by atoms with Crippen molar-refractivity contribution in [3.05, 3.63) is 64.2 Å². The second-order valence-corrected chi connectivity index (χ2v) is 6.07. The maximum absolute atomic E-state index is 12.5. The number of pyridine rings is 1. The lowest BCUT2D eigenvalue weighted by molar-refractivity contribution is 0.0967. The quantitative estimate of drug-likeness (QED) is 0.541. The molecule has 0 aliphatic carbocycles. The van der Waals surface area contributed by atoms with Crippen LogP contribution in [0.25, 0.3) is 0 Å². The van der Waals surface area contributed by atoms with Gasteiger partial charge in [-0.15, -0.1) is 5.10 Å². The number of benzene rings is 1. The first-order valence-corrected chi connectivity index (χ1v) is 8.09. The highest BCUT2D eigenvalue weighted by molar-refractivity contribution is 7.71. The molecule has 3 aromatic rings. The number of aryl methyl sites for hydroxylation is 2. The summed E-state index contributed by atoms with van der Waals surface area (Å²) in [4.78, 5) is 16.5. The first-order valence-electron chi connectivity index (χ1n) is 7.68. The van der Waals surface area contributed by atoms with Crippen molar-refractivity contribution in [2.75, 3.05) is 11.2 Å². The summed E-state index contributed by atoms with van der Waals surface area (Å²) in [5.41, 5.74) is 12.6. The average Bonchev–Trinajstić information content (AvgIpc) is 2.85. The van der Waals surface area contributed by atoms with Crippen LogP contribution in [-0.4, -0.2) is 25.2 Å². The molecule has 0 saturated carbocycles. The molecule has 0 atom stereocenters. The molecule has 0 spiro atoms. The molecule has 0 fully saturated rings. The number of nitrogens with one attached hydrogen (secondary N) is 1. The zero-order chi connectivity index (χ0) is 18.0. The number of hydrogen-bond donors (Lipinski definition) is 2. The van der Waals surface area contributed by atoms with Gasteiger partial charge in [0.2, 0.25) is 10.7 Å². The molecule has 0 bridgehead atoms. The number of hydrogen-bond acceptors (Lipinski definition) is 6. The fourth-order valence-electron chi connectivity index (χ4n) is 2.33. The van der Waals surface area contributed by atoms with Gasteiger partial charge in [-0.25, -0.2) is 4.68 Å². The van der Waals surface area contributed by atoms with Crippen molar-refractivity contribution < 1.29 is 4.79 Å². The van der Waals surface area contributed by atoms with E-state index in [1.54, 1.807) is 24.5 Å². The molecule has 0 radical (unpaired) electrons. The molecule has 0 aliphatic rings. The van der Waals surface area contributed by atoms with Crippen LogP contribution in [0, 0.1) is 18.6 Å². The Labute approximate surface area is 150 Å². The van der Waals surface area contributed by atoms with E-state index in [-0.39, 0.29) is 18.3 Å². The molecule has 7 nitrogen and oxygen atoms in total. The maximum atomic E-state index is 12.5. The maximum Gasteiger partial charge on any atom is 0.240 e. The highest BCUT2D eigenvalue weighted by Gasteiger charge is 2.13. The third-order valence-electron chi connectivity index (χ3n) is 3.91. The number of ketones is 1. The summed E-state index contributed by atoms with van der Waals surface area (Å²) in [5.74, 6) is 0.0995. The Morgan fingerprint density at radius 1 is 1.20 bits per heavy atom. The number of nitrogens with zero attached hydrogens (tertiary/aromatic N) is 4. The van der Waals surface area contributed by atoms with E-state index in [9.17, 15) is 4.79 Å². The zero-order valence-electron chi connectivity index (χ0n) is 13.9. The minimum atomic E-state index is -0.0761. The molecule has 0 unspecified atom stereocenters. The highest BCUT2D eigenvalue weighted by atomic mass is 32.1. The average molecular weight is 354 g/mol. The van der Waals surface area contributed by atoms with Crippen LogP contribution in [0.15, 0.2) is 42.7 Å². The van der Waals surface area contributed by atoms with E-state index >= 15 is 0 Å². The Morgan fingerprint density at radius 2 is 1.92 bits per heavy atom. The Hall–Kier alpha value is -3.00. The van der Waals surface area contributed by atoms with Gasteiger partial charge >= 0.3 is 0 Å². The van der Waals surface area contributed by atoms with Crippen LogP contribution in [-0.2, 0) is 6.54 Å². The summed E-state index contributed by atoms with van der Waals surface area (Å²) in [5, 5.41) is 4.17. The van der Waals surface area contributed by atoms with E-state index in [1.807, 2.05) is 32.0 Å². The predicted octanol–water partition coefficient (Wildman–Crippen LogP) is 2.77. The van der Waals surface area contributed by atoms with Gasteiger partial charge in [0.15, 0.2) is 5.78 Å². The van der Waals surface area contributed by atoms with Gasteiger partial charge in [0.25, 0.3) is 0 Å². The van der Waals surface area contributed by atoms with E-state index < -0.39 is 0 Å². The summed E-state index contributed by atoms with van der Waals surface area (Å²) >= 11 is 5.38. The van der Waals surface area contributed by atoms with Crippen molar-refractivity contribution in [3.8, 4) is 0 Å². The van der Waals surface area contributed by atoms with Crippen molar-refractivity contribution in [1.82, 2.24) is 19.4 Å². The topological polar surface area (TPSA) is 90.8 Å². The van der Waals surface area contributed by atoms with Crippen LogP contribution < -0.4 is 11.2 Å². The predicted molar refractivity (Wildman–Crippen MR) is 99.0 cm³/mol. The third-order valence-corrected chi connectivity index (χ3v) is 4.30. The van der Waals surface area contributed by atoms with Gasteiger partial charge in [-0.1, -0.05) is 12.1 Å². The lowest BCUT2D eigenvalue weighted by Crippen LogP contribution is -2.14. The summed E-state index contributed by atoms with van der Waals surface area (Å²) in [6.45, 7) is 4.01. The number of carbonyl (C=O) groups is 1. The molecule has 0 aliphatic heterocycles.